The maximum atomic E-state index is 10.8. The van der Waals surface area contributed by atoms with Crippen molar-refractivity contribution in [3.05, 3.63) is 24.8 Å². The van der Waals surface area contributed by atoms with Crippen molar-refractivity contribution in [2.24, 2.45) is 11.8 Å². The van der Waals surface area contributed by atoms with Crippen molar-refractivity contribution in [1.29, 1.82) is 0 Å². The van der Waals surface area contributed by atoms with Crippen molar-refractivity contribution in [2.45, 2.75) is 19.1 Å². The van der Waals surface area contributed by atoms with E-state index in [4.69, 9.17) is 15.2 Å². The van der Waals surface area contributed by atoms with Crippen LogP contribution in [0.4, 0.5) is 5.82 Å². The molecule has 23 heavy (non-hydrogen) atoms. The zero-order valence-corrected chi connectivity index (χ0v) is 13.5. The lowest BCUT2D eigenvalue weighted by molar-refractivity contribution is 0.00646. The first-order valence-electron chi connectivity index (χ1n) is 7.07. The highest BCUT2D eigenvalue weighted by Gasteiger charge is 2.49. The normalized spacial score (nSPS) is 26.9. The number of nitrogens with zero attached hydrogens (tertiary/aromatic N) is 4. The van der Waals surface area contributed by atoms with E-state index in [-0.39, 0.29) is 30.3 Å². The molecular formula is C13H18N5O4P. The second kappa shape index (κ2) is 6.01. The summed E-state index contributed by atoms with van der Waals surface area (Å²) in [6, 6.07) is -0.232. The van der Waals surface area contributed by atoms with Gasteiger partial charge in [0, 0.05) is 11.8 Å². The summed E-state index contributed by atoms with van der Waals surface area (Å²) in [5, 5.41) is 10.1. The van der Waals surface area contributed by atoms with Gasteiger partial charge in [0.15, 0.2) is 11.5 Å². The first-order valence-corrected chi connectivity index (χ1v) is 8.33. The molecule has 2 unspecified atom stereocenters. The van der Waals surface area contributed by atoms with Gasteiger partial charge in [0.2, 0.25) is 0 Å². The molecule has 0 saturated heterocycles. The molecule has 3 rings (SSSR count). The largest absolute Gasteiger partial charge is 0.393 e. The molecule has 1 saturated carbocycles. The van der Waals surface area contributed by atoms with E-state index >= 15 is 0 Å². The van der Waals surface area contributed by atoms with Crippen LogP contribution in [0.5, 0.6) is 0 Å². The van der Waals surface area contributed by atoms with E-state index in [2.05, 4.69) is 21.5 Å². The zero-order valence-electron chi connectivity index (χ0n) is 12.5. The number of hydrogen-bond donors (Lipinski definition) is 3. The van der Waals surface area contributed by atoms with Crippen molar-refractivity contribution in [1.82, 2.24) is 19.5 Å². The Kier molecular flexibility index (Phi) is 4.20. The van der Waals surface area contributed by atoms with Gasteiger partial charge in [-0.25, -0.2) is 15.0 Å². The number of nitrogen functional groups attached to an aromatic ring is 1. The van der Waals surface area contributed by atoms with E-state index in [1.54, 1.807) is 17.8 Å². The number of fused-ring (bicyclic) bond motifs is 1. The van der Waals surface area contributed by atoms with Crippen LogP contribution in [0.15, 0.2) is 24.8 Å². The van der Waals surface area contributed by atoms with Crippen LogP contribution in [0, 0.1) is 11.8 Å². The van der Waals surface area contributed by atoms with Crippen LogP contribution < -0.4 is 5.73 Å². The molecule has 2 heterocycles. The second-order valence-corrected chi connectivity index (χ2v) is 6.42. The van der Waals surface area contributed by atoms with Gasteiger partial charge >= 0.3 is 8.25 Å². The summed E-state index contributed by atoms with van der Waals surface area (Å²) < 4.78 is 17.4. The number of nitrogens with two attached hydrogens (primary N) is 1. The highest BCUT2D eigenvalue weighted by Crippen LogP contribution is 2.51. The maximum absolute atomic E-state index is 10.8. The molecule has 0 radical (unpaired) electrons. The van der Waals surface area contributed by atoms with Crippen molar-refractivity contribution in [3.8, 4) is 0 Å². The fourth-order valence-corrected chi connectivity index (χ4v) is 3.55. The van der Waals surface area contributed by atoms with Gasteiger partial charge in [-0.1, -0.05) is 6.58 Å². The molecule has 1 aliphatic rings. The molecule has 0 spiro atoms. The highest BCUT2D eigenvalue weighted by molar-refractivity contribution is 7.32. The third kappa shape index (κ3) is 2.66. The first-order chi connectivity index (χ1) is 10.9. The molecule has 0 amide bonds. The van der Waals surface area contributed by atoms with Crippen molar-refractivity contribution < 1.29 is 19.1 Å². The lowest BCUT2D eigenvalue weighted by Gasteiger charge is -2.48. The van der Waals surface area contributed by atoms with E-state index in [1.807, 2.05) is 0 Å². The van der Waals surface area contributed by atoms with Crippen LogP contribution in [0.3, 0.4) is 0 Å². The monoisotopic (exact) mass is 339 g/mol. The Hall–Kier alpha value is -1.80. The summed E-state index contributed by atoms with van der Waals surface area (Å²) in [4.78, 5) is 21.2. The summed E-state index contributed by atoms with van der Waals surface area (Å²) in [6.07, 6.45) is 2.29. The second-order valence-electron chi connectivity index (χ2n) is 5.60. The standard InChI is InChI=1S/C13H18N5O4P/c1-6-8(3-22-23(20)21)9(7(2)19)11(6)18-5-17-10-12(14)15-4-16-13(10)18/h4-5,7-9,11,19,23H,1,3H2,2H3,(H,20,21)(H2,14,15,16)/t7?,8-,9+,11+/m0/s1. The van der Waals surface area contributed by atoms with Gasteiger partial charge in [-0.2, -0.15) is 0 Å². The number of aromatic nitrogens is 4. The Morgan fingerprint density at radius 3 is 2.91 bits per heavy atom. The van der Waals surface area contributed by atoms with Gasteiger partial charge in [-0.15, -0.1) is 0 Å². The zero-order chi connectivity index (χ0) is 16.7. The third-order valence-electron chi connectivity index (χ3n) is 4.32. The molecule has 1 aliphatic carbocycles. The molecule has 0 aliphatic heterocycles. The SMILES string of the molecule is C=C1[C@@H](n2cnc3c(N)ncnc32)[C@H](C(C)O)[C@H]1CO[PH](=O)O. The van der Waals surface area contributed by atoms with E-state index in [9.17, 15) is 9.67 Å². The first kappa shape index (κ1) is 16.1. The van der Waals surface area contributed by atoms with Gasteiger partial charge in [-0.05, 0) is 12.5 Å². The number of aliphatic hydroxyl groups excluding tert-OH is 1. The molecule has 0 bridgehead atoms. The minimum atomic E-state index is -3.02. The summed E-state index contributed by atoms with van der Waals surface area (Å²) >= 11 is 0. The molecule has 2 aromatic heterocycles. The molecule has 9 nitrogen and oxygen atoms in total. The van der Waals surface area contributed by atoms with Crippen LogP contribution in [0.25, 0.3) is 11.2 Å². The van der Waals surface area contributed by atoms with Crippen LogP contribution >= 0.6 is 8.25 Å². The third-order valence-corrected chi connectivity index (χ3v) is 4.73. The van der Waals surface area contributed by atoms with Crippen molar-refractivity contribution >= 4 is 25.2 Å². The van der Waals surface area contributed by atoms with Crippen LogP contribution in [0.2, 0.25) is 0 Å². The number of hydrogen-bond acceptors (Lipinski definition) is 7. The summed E-state index contributed by atoms with van der Waals surface area (Å²) in [5.74, 6) is -0.152. The predicted molar refractivity (Wildman–Crippen MR) is 83.7 cm³/mol. The quantitative estimate of drug-likeness (QED) is 0.530. The molecule has 4 N–H and O–H groups in total. The summed E-state index contributed by atoms with van der Waals surface area (Å²) in [7, 11) is -3.02. The fraction of sp³-hybridized carbons (Fsp3) is 0.462. The molecule has 124 valence electrons. The van der Waals surface area contributed by atoms with E-state index < -0.39 is 14.4 Å². The minimum absolute atomic E-state index is 0.0446. The molecule has 10 heteroatoms. The molecule has 1 fully saturated rings. The maximum Gasteiger partial charge on any atom is 0.316 e. The number of anilines is 1. The van der Waals surface area contributed by atoms with Crippen LogP contribution in [-0.4, -0.2) is 42.2 Å². The van der Waals surface area contributed by atoms with E-state index in [1.165, 1.54) is 6.33 Å². The van der Waals surface area contributed by atoms with Crippen molar-refractivity contribution in [3.63, 3.8) is 0 Å². The van der Waals surface area contributed by atoms with Gasteiger partial charge in [0.05, 0.1) is 25.1 Å². The van der Waals surface area contributed by atoms with Gasteiger partial charge in [0.1, 0.15) is 11.8 Å². The molecule has 5 atom stereocenters. The Morgan fingerprint density at radius 1 is 1.52 bits per heavy atom. The Labute approximate surface area is 132 Å². The number of imidazole rings is 1. The van der Waals surface area contributed by atoms with Gasteiger partial charge < -0.3 is 24.8 Å². The number of aliphatic hydroxyl groups is 1. The van der Waals surface area contributed by atoms with Crippen LogP contribution in [-0.2, 0) is 9.09 Å². The number of rotatable bonds is 5. The average molecular weight is 339 g/mol. The van der Waals surface area contributed by atoms with Gasteiger partial charge in [-0.3, -0.25) is 4.57 Å². The molecule has 0 aromatic carbocycles. The fourth-order valence-electron chi connectivity index (χ4n) is 3.23. The Balaban J connectivity index is 1.93. The average Bonchev–Trinajstić information content (AvgIpc) is 2.89. The minimum Gasteiger partial charge on any atom is -0.393 e. The van der Waals surface area contributed by atoms with Crippen LogP contribution in [0.1, 0.15) is 13.0 Å². The molecule has 2 aromatic rings. The lowest BCUT2D eigenvalue weighted by Crippen LogP contribution is -2.48. The highest BCUT2D eigenvalue weighted by atomic mass is 31.1. The smallest absolute Gasteiger partial charge is 0.316 e. The van der Waals surface area contributed by atoms with Gasteiger partial charge in [0.25, 0.3) is 0 Å². The Bertz CT molecular complexity index is 777. The van der Waals surface area contributed by atoms with E-state index in [0.717, 1.165) is 5.57 Å². The lowest BCUT2D eigenvalue weighted by atomic mass is 9.63. The van der Waals surface area contributed by atoms with E-state index in [0.29, 0.717) is 11.2 Å². The topological polar surface area (TPSA) is 136 Å². The summed E-state index contributed by atoms with van der Waals surface area (Å²) in [5.41, 5.74) is 7.63. The Morgan fingerprint density at radius 2 is 2.26 bits per heavy atom. The molecular weight excluding hydrogens is 321 g/mol. The predicted octanol–water partition coefficient (Wildman–Crippen LogP) is 0.531. The summed E-state index contributed by atoms with van der Waals surface area (Å²) in [6.45, 7) is 5.75. The van der Waals surface area contributed by atoms with Crippen molar-refractivity contribution in [2.75, 3.05) is 12.3 Å².